The molecule has 0 bridgehead atoms. The minimum absolute atomic E-state index is 0.0382. The summed E-state index contributed by atoms with van der Waals surface area (Å²) < 4.78 is 0. The standard InChI is InChI=1S/C13H26N2O/c1-4-6-8-14-13(16)10(3)15-12-9-11(12)7-5-2/h10-12,15H,4-9H2,1-3H3,(H,14,16). The van der Waals surface area contributed by atoms with Gasteiger partial charge >= 0.3 is 0 Å². The van der Waals surface area contributed by atoms with Crippen molar-refractivity contribution < 1.29 is 4.79 Å². The van der Waals surface area contributed by atoms with Crippen LogP contribution in [0.1, 0.15) is 52.9 Å². The molecule has 0 aromatic heterocycles. The highest BCUT2D eigenvalue weighted by Crippen LogP contribution is 2.34. The number of carbonyl (C=O) groups excluding carboxylic acids is 1. The van der Waals surface area contributed by atoms with Gasteiger partial charge in [-0.2, -0.15) is 0 Å². The Bertz CT molecular complexity index is 218. The van der Waals surface area contributed by atoms with Crippen molar-refractivity contribution in [3.8, 4) is 0 Å². The number of hydrogen-bond donors (Lipinski definition) is 2. The van der Waals surface area contributed by atoms with Crippen LogP contribution in [0, 0.1) is 5.92 Å². The van der Waals surface area contributed by atoms with Gasteiger partial charge in [0.15, 0.2) is 0 Å². The number of nitrogens with one attached hydrogen (secondary N) is 2. The third-order valence-corrected chi connectivity index (χ3v) is 3.27. The lowest BCUT2D eigenvalue weighted by atomic mass is 10.2. The summed E-state index contributed by atoms with van der Waals surface area (Å²) in [4.78, 5) is 11.7. The summed E-state index contributed by atoms with van der Waals surface area (Å²) in [6.45, 7) is 7.12. The van der Waals surface area contributed by atoms with Gasteiger partial charge in [0.25, 0.3) is 0 Å². The van der Waals surface area contributed by atoms with Crippen LogP contribution in [-0.2, 0) is 4.79 Å². The largest absolute Gasteiger partial charge is 0.355 e. The summed E-state index contributed by atoms with van der Waals surface area (Å²) in [7, 11) is 0. The SMILES string of the molecule is CCCCNC(=O)C(C)NC1CC1CCC. The Kier molecular flexibility index (Phi) is 5.81. The van der Waals surface area contributed by atoms with Gasteiger partial charge in [-0.15, -0.1) is 0 Å². The molecule has 16 heavy (non-hydrogen) atoms. The maximum Gasteiger partial charge on any atom is 0.236 e. The van der Waals surface area contributed by atoms with E-state index in [2.05, 4.69) is 24.5 Å². The van der Waals surface area contributed by atoms with E-state index >= 15 is 0 Å². The fraction of sp³-hybridized carbons (Fsp3) is 0.923. The Morgan fingerprint density at radius 2 is 2.12 bits per heavy atom. The number of amides is 1. The van der Waals surface area contributed by atoms with Crippen LogP contribution in [-0.4, -0.2) is 24.5 Å². The maximum atomic E-state index is 11.7. The molecule has 0 saturated heterocycles. The van der Waals surface area contributed by atoms with Crippen LogP contribution in [0.15, 0.2) is 0 Å². The molecule has 0 aromatic rings. The predicted octanol–water partition coefficient (Wildman–Crippen LogP) is 2.07. The summed E-state index contributed by atoms with van der Waals surface area (Å²) in [6, 6.07) is 0.551. The smallest absolute Gasteiger partial charge is 0.236 e. The first-order valence-corrected chi connectivity index (χ1v) is 6.72. The van der Waals surface area contributed by atoms with Crippen molar-refractivity contribution in [2.24, 2.45) is 5.92 Å². The number of rotatable bonds is 8. The molecule has 0 aliphatic heterocycles. The second kappa shape index (κ2) is 6.89. The molecule has 1 aliphatic carbocycles. The molecule has 3 atom stereocenters. The topological polar surface area (TPSA) is 41.1 Å². The van der Waals surface area contributed by atoms with E-state index in [1.807, 2.05) is 6.92 Å². The van der Waals surface area contributed by atoms with Gasteiger partial charge in [0.2, 0.25) is 5.91 Å². The van der Waals surface area contributed by atoms with Crippen molar-refractivity contribution in [1.82, 2.24) is 10.6 Å². The van der Waals surface area contributed by atoms with Gasteiger partial charge in [-0.05, 0) is 32.1 Å². The minimum Gasteiger partial charge on any atom is -0.355 e. The van der Waals surface area contributed by atoms with E-state index in [9.17, 15) is 4.79 Å². The van der Waals surface area contributed by atoms with Gasteiger partial charge in [-0.25, -0.2) is 0 Å². The van der Waals surface area contributed by atoms with Crippen LogP contribution in [0.3, 0.4) is 0 Å². The molecule has 0 heterocycles. The van der Waals surface area contributed by atoms with E-state index in [-0.39, 0.29) is 11.9 Å². The highest BCUT2D eigenvalue weighted by atomic mass is 16.2. The van der Waals surface area contributed by atoms with Crippen molar-refractivity contribution in [2.45, 2.75) is 65.0 Å². The van der Waals surface area contributed by atoms with E-state index < -0.39 is 0 Å². The normalized spacial score (nSPS) is 25.2. The molecule has 0 aromatic carbocycles. The van der Waals surface area contributed by atoms with E-state index in [1.165, 1.54) is 19.3 Å². The van der Waals surface area contributed by atoms with Gasteiger partial charge in [0.1, 0.15) is 0 Å². The Hall–Kier alpha value is -0.570. The second-order valence-corrected chi connectivity index (χ2v) is 4.92. The summed E-state index contributed by atoms with van der Waals surface area (Å²) in [5.41, 5.74) is 0. The third kappa shape index (κ3) is 4.52. The summed E-state index contributed by atoms with van der Waals surface area (Å²) >= 11 is 0. The lowest BCUT2D eigenvalue weighted by Gasteiger charge is -2.13. The first-order chi connectivity index (χ1) is 7.69. The molecule has 94 valence electrons. The average Bonchev–Trinajstić information content (AvgIpc) is 2.97. The van der Waals surface area contributed by atoms with Crippen molar-refractivity contribution in [2.75, 3.05) is 6.54 Å². The van der Waals surface area contributed by atoms with Crippen molar-refractivity contribution in [3.63, 3.8) is 0 Å². The summed E-state index contributed by atoms with van der Waals surface area (Å²) in [5, 5.41) is 6.37. The molecule has 0 radical (unpaired) electrons. The number of hydrogen-bond acceptors (Lipinski definition) is 2. The molecule has 1 saturated carbocycles. The molecule has 3 nitrogen and oxygen atoms in total. The molecule has 2 N–H and O–H groups in total. The average molecular weight is 226 g/mol. The monoisotopic (exact) mass is 226 g/mol. The predicted molar refractivity (Wildman–Crippen MR) is 67.3 cm³/mol. The quantitative estimate of drug-likeness (QED) is 0.622. The molecule has 1 fully saturated rings. The number of unbranched alkanes of at least 4 members (excludes halogenated alkanes) is 1. The molecule has 1 amide bonds. The fourth-order valence-electron chi connectivity index (χ4n) is 2.08. The molecular formula is C13H26N2O. The lowest BCUT2D eigenvalue weighted by molar-refractivity contribution is -0.122. The van der Waals surface area contributed by atoms with Gasteiger partial charge < -0.3 is 10.6 Å². The Morgan fingerprint density at radius 3 is 2.75 bits per heavy atom. The van der Waals surface area contributed by atoms with Crippen LogP contribution in [0.5, 0.6) is 0 Å². The van der Waals surface area contributed by atoms with Crippen LogP contribution in [0.25, 0.3) is 0 Å². The highest BCUT2D eigenvalue weighted by molar-refractivity contribution is 5.81. The van der Waals surface area contributed by atoms with Crippen LogP contribution in [0.4, 0.5) is 0 Å². The minimum atomic E-state index is -0.0382. The van der Waals surface area contributed by atoms with E-state index in [4.69, 9.17) is 0 Å². The van der Waals surface area contributed by atoms with Crippen molar-refractivity contribution in [3.05, 3.63) is 0 Å². The molecule has 0 spiro atoms. The zero-order chi connectivity index (χ0) is 12.0. The highest BCUT2D eigenvalue weighted by Gasteiger charge is 2.37. The van der Waals surface area contributed by atoms with E-state index in [1.54, 1.807) is 0 Å². The molecule has 1 rings (SSSR count). The molecular weight excluding hydrogens is 200 g/mol. The lowest BCUT2D eigenvalue weighted by Crippen LogP contribution is -2.43. The zero-order valence-electron chi connectivity index (χ0n) is 10.9. The van der Waals surface area contributed by atoms with Crippen LogP contribution < -0.4 is 10.6 Å². The van der Waals surface area contributed by atoms with Gasteiger partial charge in [0, 0.05) is 12.6 Å². The molecule has 3 heteroatoms. The Morgan fingerprint density at radius 1 is 1.38 bits per heavy atom. The Balaban J connectivity index is 2.10. The molecule has 1 aliphatic rings. The van der Waals surface area contributed by atoms with Gasteiger partial charge in [-0.1, -0.05) is 26.7 Å². The summed E-state index contributed by atoms with van der Waals surface area (Å²) in [6.07, 6.45) is 5.99. The first kappa shape index (κ1) is 13.5. The fourth-order valence-corrected chi connectivity index (χ4v) is 2.08. The van der Waals surface area contributed by atoms with Crippen LogP contribution in [0.2, 0.25) is 0 Å². The maximum absolute atomic E-state index is 11.7. The second-order valence-electron chi connectivity index (χ2n) is 4.92. The third-order valence-electron chi connectivity index (χ3n) is 3.27. The molecule has 3 unspecified atom stereocenters. The first-order valence-electron chi connectivity index (χ1n) is 6.72. The van der Waals surface area contributed by atoms with Crippen molar-refractivity contribution >= 4 is 5.91 Å². The van der Waals surface area contributed by atoms with Gasteiger partial charge in [0.05, 0.1) is 6.04 Å². The van der Waals surface area contributed by atoms with Crippen molar-refractivity contribution in [1.29, 1.82) is 0 Å². The van der Waals surface area contributed by atoms with Crippen LogP contribution >= 0.6 is 0 Å². The van der Waals surface area contributed by atoms with Gasteiger partial charge in [-0.3, -0.25) is 4.79 Å². The summed E-state index contributed by atoms with van der Waals surface area (Å²) in [5.74, 6) is 0.964. The Labute approximate surface area is 99.4 Å². The van der Waals surface area contributed by atoms with E-state index in [0.29, 0.717) is 6.04 Å². The van der Waals surface area contributed by atoms with E-state index in [0.717, 1.165) is 25.3 Å². The zero-order valence-corrected chi connectivity index (χ0v) is 10.9. The number of carbonyl (C=O) groups is 1.